The number of halogens is 2. The summed E-state index contributed by atoms with van der Waals surface area (Å²) in [5.41, 5.74) is 1.93. The number of thiocarbonyl (C=S) groups is 1. The molecule has 154 valence electrons. The number of nitrogens with zero attached hydrogens (tertiary/aromatic N) is 2. The van der Waals surface area contributed by atoms with Crippen molar-refractivity contribution in [3.05, 3.63) is 69.4 Å². The van der Waals surface area contributed by atoms with Crippen molar-refractivity contribution in [2.45, 2.75) is 13.5 Å². The number of hydrogen-bond donors (Lipinski definition) is 0. The maximum Gasteiger partial charge on any atom is 0.266 e. The van der Waals surface area contributed by atoms with E-state index in [4.69, 9.17) is 17.0 Å². The van der Waals surface area contributed by atoms with Gasteiger partial charge in [0.25, 0.3) is 5.91 Å². The molecule has 4 nitrogen and oxygen atoms in total. The zero-order valence-electron chi connectivity index (χ0n) is 16.1. The standard InChI is InChI=1S/C22H18BrFN2O2S2/c1-2-26-21(27)20(30-22(26)29)11-14-13-25(18-8-7-15(23)12-16(14)18)9-10-28-19-6-4-3-5-17(19)24/h3-8,11-13H,2,9-10H2,1H3/b20-11-. The highest BCUT2D eigenvalue weighted by Gasteiger charge is 2.30. The van der Waals surface area contributed by atoms with E-state index in [0.717, 1.165) is 20.9 Å². The van der Waals surface area contributed by atoms with Crippen LogP contribution in [0.5, 0.6) is 5.75 Å². The van der Waals surface area contributed by atoms with Gasteiger partial charge in [-0.05, 0) is 43.3 Å². The quantitative estimate of drug-likeness (QED) is 0.311. The molecule has 2 aromatic carbocycles. The van der Waals surface area contributed by atoms with Crippen LogP contribution >= 0.6 is 39.9 Å². The van der Waals surface area contributed by atoms with Crippen LogP contribution < -0.4 is 4.74 Å². The molecule has 30 heavy (non-hydrogen) atoms. The highest BCUT2D eigenvalue weighted by Crippen LogP contribution is 2.34. The van der Waals surface area contributed by atoms with Crippen LogP contribution in [0.3, 0.4) is 0 Å². The summed E-state index contributed by atoms with van der Waals surface area (Å²) in [6.45, 7) is 3.32. The Labute approximate surface area is 191 Å². The summed E-state index contributed by atoms with van der Waals surface area (Å²) >= 11 is 10.2. The van der Waals surface area contributed by atoms with Gasteiger partial charge in [-0.15, -0.1) is 0 Å². The van der Waals surface area contributed by atoms with Crippen LogP contribution in [-0.4, -0.2) is 32.8 Å². The van der Waals surface area contributed by atoms with Crippen LogP contribution in [0.15, 0.2) is 58.0 Å². The second kappa shape index (κ2) is 8.91. The first-order chi connectivity index (χ1) is 14.5. The first kappa shape index (κ1) is 21.1. The highest BCUT2D eigenvalue weighted by atomic mass is 79.9. The van der Waals surface area contributed by atoms with Crippen LogP contribution in [0.4, 0.5) is 4.39 Å². The molecule has 1 aromatic heterocycles. The minimum absolute atomic E-state index is 0.0636. The largest absolute Gasteiger partial charge is 0.489 e. The number of para-hydroxylation sites is 1. The normalized spacial score (nSPS) is 15.6. The molecule has 3 aromatic rings. The maximum atomic E-state index is 13.8. The lowest BCUT2D eigenvalue weighted by atomic mass is 10.1. The van der Waals surface area contributed by atoms with Gasteiger partial charge in [-0.3, -0.25) is 9.69 Å². The molecule has 1 amide bonds. The molecular weight excluding hydrogens is 487 g/mol. The summed E-state index contributed by atoms with van der Waals surface area (Å²) < 4.78 is 23.0. The molecule has 0 N–H and O–H groups in total. The highest BCUT2D eigenvalue weighted by molar-refractivity contribution is 9.10. The molecule has 0 bridgehead atoms. The number of carbonyl (C=O) groups excluding carboxylic acids is 1. The van der Waals surface area contributed by atoms with Gasteiger partial charge in [0.2, 0.25) is 0 Å². The summed E-state index contributed by atoms with van der Waals surface area (Å²) in [6.07, 6.45) is 3.87. The number of thioether (sulfide) groups is 1. The molecule has 4 rings (SSSR count). The third-order valence-electron chi connectivity index (χ3n) is 4.78. The van der Waals surface area contributed by atoms with E-state index in [-0.39, 0.29) is 17.5 Å². The Morgan fingerprint density at radius 2 is 2.07 bits per heavy atom. The topological polar surface area (TPSA) is 34.5 Å². The van der Waals surface area contributed by atoms with Crippen molar-refractivity contribution in [2.24, 2.45) is 0 Å². The smallest absolute Gasteiger partial charge is 0.266 e. The second-order valence-corrected chi connectivity index (χ2v) is 9.24. The first-order valence-corrected chi connectivity index (χ1v) is 11.4. The number of hydrogen-bond acceptors (Lipinski definition) is 4. The number of likely N-dealkylation sites (N-methyl/N-ethyl adjacent to an activating group) is 1. The summed E-state index contributed by atoms with van der Waals surface area (Å²) in [7, 11) is 0. The van der Waals surface area contributed by atoms with E-state index in [2.05, 4.69) is 20.5 Å². The molecule has 0 saturated carbocycles. The lowest BCUT2D eigenvalue weighted by Crippen LogP contribution is -2.27. The van der Waals surface area contributed by atoms with Gasteiger partial charge < -0.3 is 9.30 Å². The molecule has 1 aliphatic heterocycles. The minimum atomic E-state index is -0.377. The fourth-order valence-electron chi connectivity index (χ4n) is 3.33. The van der Waals surface area contributed by atoms with Crippen LogP contribution in [0.25, 0.3) is 17.0 Å². The van der Waals surface area contributed by atoms with E-state index in [0.29, 0.717) is 28.9 Å². The molecule has 0 aliphatic carbocycles. The lowest BCUT2D eigenvalue weighted by molar-refractivity contribution is -0.121. The average molecular weight is 505 g/mol. The first-order valence-electron chi connectivity index (χ1n) is 9.39. The van der Waals surface area contributed by atoms with E-state index in [1.165, 1.54) is 17.8 Å². The van der Waals surface area contributed by atoms with Crippen LogP contribution in [0.2, 0.25) is 0 Å². The number of ether oxygens (including phenoxy) is 1. The van der Waals surface area contributed by atoms with Gasteiger partial charge in [0.1, 0.15) is 10.9 Å². The molecule has 2 heterocycles. The SMILES string of the molecule is CCN1C(=O)/C(=C/c2cn(CCOc3ccccc3F)c3ccc(Br)cc23)SC1=S. The van der Waals surface area contributed by atoms with Gasteiger partial charge in [-0.2, -0.15) is 0 Å². The second-order valence-electron chi connectivity index (χ2n) is 6.64. The van der Waals surface area contributed by atoms with E-state index >= 15 is 0 Å². The van der Waals surface area contributed by atoms with Gasteiger partial charge in [-0.25, -0.2) is 4.39 Å². The Hall–Kier alpha value is -2.16. The number of rotatable bonds is 6. The van der Waals surface area contributed by atoms with Gasteiger partial charge >= 0.3 is 0 Å². The number of aromatic nitrogens is 1. The van der Waals surface area contributed by atoms with Gasteiger partial charge in [0, 0.05) is 33.7 Å². The van der Waals surface area contributed by atoms with Crippen molar-refractivity contribution in [2.75, 3.05) is 13.2 Å². The molecule has 1 aliphatic rings. The Morgan fingerprint density at radius 3 is 2.80 bits per heavy atom. The Morgan fingerprint density at radius 1 is 1.27 bits per heavy atom. The molecule has 0 unspecified atom stereocenters. The molecule has 0 spiro atoms. The molecular formula is C22H18BrFN2O2S2. The third kappa shape index (κ3) is 4.17. The predicted molar refractivity (Wildman–Crippen MR) is 127 cm³/mol. The van der Waals surface area contributed by atoms with Crippen molar-refractivity contribution in [3.8, 4) is 5.75 Å². The Kier molecular flexibility index (Phi) is 6.26. The summed E-state index contributed by atoms with van der Waals surface area (Å²) in [6, 6.07) is 12.4. The zero-order chi connectivity index (χ0) is 21.3. The summed E-state index contributed by atoms with van der Waals surface area (Å²) in [5, 5.41) is 1.01. The Balaban J connectivity index is 1.63. The van der Waals surface area contributed by atoms with Gasteiger partial charge in [0.15, 0.2) is 11.6 Å². The lowest BCUT2D eigenvalue weighted by Gasteiger charge is -2.09. The molecule has 0 radical (unpaired) electrons. The predicted octanol–water partition coefficient (Wildman–Crippen LogP) is 5.84. The van der Waals surface area contributed by atoms with Crippen LogP contribution in [0, 0.1) is 5.82 Å². The van der Waals surface area contributed by atoms with Crippen LogP contribution in [-0.2, 0) is 11.3 Å². The number of carbonyl (C=O) groups is 1. The zero-order valence-corrected chi connectivity index (χ0v) is 19.3. The maximum absolute atomic E-state index is 13.8. The molecule has 8 heteroatoms. The van der Waals surface area contributed by atoms with E-state index in [1.807, 2.05) is 37.4 Å². The van der Waals surface area contributed by atoms with Crippen molar-refractivity contribution < 1.29 is 13.9 Å². The van der Waals surface area contributed by atoms with Gasteiger partial charge in [0.05, 0.1) is 11.4 Å². The number of fused-ring (bicyclic) bond motifs is 1. The average Bonchev–Trinajstić information content (AvgIpc) is 3.19. The van der Waals surface area contributed by atoms with E-state index < -0.39 is 0 Å². The van der Waals surface area contributed by atoms with Crippen LogP contribution in [0.1, 0.15) is 12.5 Å². The fourth-order valence-corrected chi connectivity index (χ4v) is 5.06. The van der Waals surface area contributed by atoms with E-state index in [9.17, 15) is 9.18 Å². The monoisotopic (exact) mass is 504 g/mol. The molecule has 1 fully saturated rings. The minimum Gasteiger partial charge on any atom is -0.489 e. The van der Waals surface area contributed by atoms with Crippen molar-refractivity contribution in [1.82, 2.24) is 9.47 Å². The van der Waals surface area contributed by atoms with Crippen molar-refractivity contribution in [1.29, 1.82) is 0 Å². The van der Waals surface area contributed by atoms with E-state index in [1.54, 1.807) is 23.1 Å². The number of benzene rings is 2. The summed E-state index contributed by atoms with van der Waals surface area (Å²) in [4.78, 5) is 14.8. The third-order valence-corrected chi connectivity index (χ3v) is 6.65. The van der Waals surface area contributed by atoms with Gasteiger partial charge in [-0.1, -0.05) is 52.0 Å². The van der Waals surface area contributed by atoms with Crippen molar-refractivity contribution in [3.63, 3.8) is 0 Å². The Bertz CT molecular complexity index is 1180. The fraction of sp³-hybridized carbons (Fsp3) is 0.182. The summed E-state index contributed by atoms with van der Waals surface area (Å²) in [5.74, 6) is -0.205. The molecule has 1 saturated heterocycles. The van der Waals surface area contributed by atoms with Crippen molar-refractivity contribution >= 4 is 67.1 Å². The molecule has 0 atom stereocenters. The number of amides is 1.